The average molecular weight is 415 g/mol. The largest absolute Gasteiger partial charge is 0.470 e. The lowest BCUT2D eigenvalue weighted by molar-refractivity contribution is 0.198. The molecule has 2 unspecified atom stereocenters. The summed E-state index contributed by atoms with van der Waals surface area (Å²) >= 11 is 0. The quantitative estimate of drug-likeness (QED) is 0.553. The molecular formula is C28H34N2O. The fraction of sp³-hybridized carbons (Fsp3) is 0.571. The van der Waals surface area contributed by atoms with Crippen LogP contribution in [0.25, 0.3) is 0 Å². The van der Waals surface area contributed by atoms with Gasteiger partial charge in [-0.2, -0.15) is 0 Å². The zero-order valence-corrected chi connectivity index (χ0v) is 18.5. The Balaban J connectivity index is 1.30. The summed E-state index contributed by atoms with van der Waals surface area (Å²) in [5, 5.41) is 0. The van der Waals surface area contributed by atoms with E-state index >= 15 is 0 Å². The van der Waals surface area contributed by atoms with Crippen molar-refractivity contribution >= 4 is 5.90 Å². The summed E-state index contributed by atoms with van der Waals surface area (Å²) in [6.07, 6.45) is 15.0. The molecule has 2 aromatic rings. The third kappa shape index (κ3) is 3.70. The van der Waals surface area contributed by atoms with Gasteiger partial charge in [0.2, 0.25) is 5.90 Å². The smallest absolute Gasteiger partial charge is 0.236 e. The van der Waals surface area contributed by atoms with Crippen LogP contribution < -0.4 is 0 Å². The van der Waals surface area contributed by atoms with Gasteiger partial charge < -0.3 is 4.74 Å². The molecule has 0 saturated heterocycles. The second-order valence-electron chi connectivity index (χ2n) is 10.2. The van der Waals surface area contributed by atoms with E-state index in [2.05, 4.69) is 42.5 Å². The summed E-state index contributed by atoms with van der Waals surface area (Å²) in [5.74, 6) is 2.98. The monoisotopic (exact) mass is 414 g/mol. The molecule has 162 valence electrons. The number of ether oxygens (including phenoxy) is 1. The van der Waals surface area contributed by atoms with Gasteiger partial charge in [0.15, 0.2) is 0 Å². The lowest BCUT2D eigenvalue weighted by Crippen LogP contribution is -2.27. The number of pyridine rings is 1. The maximum absolute atomic E-state index is 6.37. The molecule has 0 N–H and O–H groups in total. The minimum Gasteiger partial charge on any atom is -0.470 e. The predicted molar refractivity (Wildman–Crippen MR) is 124 cm³/mol. The number of nitrogens with zero attached hydrogens (tertiary/aromatic N) is 2. The fourth-order valence-electron chi connectivity index (χ4n) is 6.83. The Kier molecular flexibility index (Phi) is 5.29. The van der Waals surface area contributed by atoms with Crippen molar-refractivity contribution in [3.63, 3.8) is 0 Å². The molecule has 31 heavy (non-hydrogen) atoms. The molecular weight excluding hydrogens is 380 g/mol. The molecule has 0 bridgehead atoms. The van der Waals surface area contributed by atoms with E-state index < -0.39 is 0 Å². The minimum absolute atomic E-state index is 0.143. The van der Waals surface area contributed by atoms with E-state index in [4.69, 9.17) is 14.7 Å². The van der Waals surface area contributed by atoms with Crippen LogP contribution in [0.4, 0.5) is 0 Å². The van der Waals surface area contributed by atoms with Gasteiger partial charge in [-0.15, -0.1) is 0 Å². The fourth-order valence-corrected chi connectivity index (χ4v) is 6.83. The van der Waals surface area contributed by atoms with Gasteiger partial charge in [-0.3, -0.25) is 0 Å². The standard InChI is InChI=1S/C28H34N2O/c1-3-10-19(11-4-1)26(20-12-5-2-6-13-20)23-16-9-17-24(29-23)28-30-27-22-15-8-7-14-21(22)18-25(27)31-28/h7-9,14-17,19-20,25-27H,1-6,10-13,18H2. The molecule has 1 aliphatic heterocycles. The Morgan fingerprint density at radius 2 is 1.48 bits per heavy atom. The van der Waals surface area contributed by atoms with Crippen LogP contribution in [0.1, 0.15) is 98.7 Å². The molecule has 3 nitrogen and oxygen atoms in total. The summed E-state index contributed by atoms with van der Waals surface area (Å²) < 4.78 is 6.37. The van der Waals surface area contributed by atoms with Crippen molar-refractivity contribution in [2.75, 3.05) is 0 Å². The number of aliphatic imine (C=N–C) groups is 1. The van der Waals surface area contributed by atoms with Crippen LogP contribution in [-0.2, 0) is 11.2 Å². The molecule has 4 aliphatic rings. The van der Waals surface area contributed by atoms with E-state index in [1.165, 1.54) is 81.0 Å². The van der Waals surface area contributed by atoms with Gasteiger partial charge >= 0.3 is 0 Å². The summed E-state index contributed by atoms with van der Waals surface area (Å²) in [7, 11) is 0. The van der Waals surface area contributed by atoms with Crippen molar-refractivity contribution in [2.45, 2.75) is 88.7 Å². The highest BCUT2D eigenvalue weighted by Gasteiger charge is 2.40. The first-order valence-corrected chi connectivity index (χ1v) is 12.7. The Hall–Kier alpha value is -2.16. The summed E-state index contributed by atoms with van der Waals surface area (Å²) in [4.78, 5) is 10.3. The second kappa shape index (κ2) is 8.41. The topological polar surface area (TPSA) is 34.5 Å². The van der Waals surface area contributed by atoms with Crippen molar-refractivity contribution in [1.29, 1.82) is 0 Å². The van der Waals surface area contributed by atoms with Crippen LogP contribution in [0.2, 0.25) is 0 Å². The average Bonchev–Trinajstić information content (AvgIpc) is 3.39. The Morgan fingerprint density at radius 3 is 2.23 bits per heavy atom. The first-order valence-electron chi connectivity index (χ1n) is 12.7. The lowest BCUT2D eigenvalue weighted by atomic mass is 9.68. The van der Waals surface area contributed by atoms with E-state index in [1.807, 2.05) is 0 Å². The van der Waals surface area contributed by atoms with Gasteiger partial charge in [-0.25, -0.2) is 9.98 Å². The molecule has 0 radical (unpaired) electrons. The Bertz CT molecular complexity index is 937. The molecule has 3 aliphatic carbocycles. The first-order chi connectivity index (χ1) is 15.4. The third-order valence-electron chi connectivity index (χ3n) is 8.31. The van der Waals surface area contributed by atoms with Crippen molar-refractivity contribution in [3.05, 3.63) is 65.0 Å². The molecule has 2 saturated carbocycles. The number of benzene rings is 1. The van der Waals surface area contributed by atoms with Crippen LogP contribution in [0.5, 0.6) is 0 Å². The number of aromatic nitrogens is 1. The molecule has 2 heterocycles. The number of fused-ring (bicyclic) bond motifs is 3. The van der Waals surface area contributed by atoms with E-state index in [1.54, 1.807) is 0 Å². The third-order valence-corrected chi connectivity index (χ3v) is 8.31. The number of rotatable bonds is 4. The van der Waals surface area contributed by atoms with Gasteiger partial charge in [0, 0.05) is 18.0 Å². The predicted octanol–water partition coefficient (Wildman–Crippen LogP) is 6.77. The van der Waals surface area contributed by atoms with Crippen LogP contribution in [0.15, 0.2) is 47.5 Å². The summed E-state index contributed by atoms with van der Waals surface area (Å²) in [5.41, 5.74) is 4.97. The van der Waals surface area contributed by atoms with Gasteiger partial charge in [0.25, 0.3) is 0 Å². The van der Waals surface area contributed by atoms with E-state index in [9.17, 15) is 0 Å². The van der Waals surface area contributed by atoms with E-state index in [-0.39, 0.29) is 12.1 Å². The van der Waals surface area contributed by atoms with Crippen LogP contribution in [-0.4, -0.2) is 17.0 Å². The van der Waals surface area contributed by atoms with Crippen molar-refractivity contribution in [3.8, 4) is 0 Å². The maximum atomic E-state index is 6.37. The summed E-state index contributed by atoms with van der Waals surface area (Å²) in [6, 6.07) is 15.4. The van der Waals surface area contributed by atoms with Crippen LogP contribution in [0, 0.1) is 11.8 Å². The van der Waals surface area contributed by atoms with Crippen molar-refractivity contribution < 1.29 is 4.74 Å². The van der Waals surface area contributed by atoms with E-state index in [0.29, 0.717) is 5.92 Å². The first kappa shape index (κ1) is 19.5. The Labute approximate surface area is 186 Å². The lowest BCUT2D eigenvalue weighted by Gasteiger charge is -2.37. The minimum atomic E-state index is 0.143. The van der Waals surface area contributed by atoms with Crippen molar-refractivity contribution in [2.24, 2.45) is 16.8 Å². The molecule has 2 atom stereocenters. The molecule has 6 rings (SSSR count). The molecule has 0 spiro atoms. The second-order valence-corrected chi connectivity index (χ2v) is 10.2. The van der Waals surface area contributed by atoms with Crippen molar-refractivity contribution in [1.82, 2.24) is 4.98 Å². The molecule has 1 aromatic heterocycles. The number of hydrogen-bond acceptors (Lipinski definition) is 3. The summed E-state index contributed by atoms with van der Waals surface area (Å²) in [6.45, 7) is 0. The highest BCUT2D eigenvalue weighted by Crippen LogP contribution is 2.45. The SMILES string of the molecule is c1cc(C2=NC3c4ccccc4CC3O2)nc(C(C2CCCCC2)C2CCCCC2)c1. The molecule has 2 fully saturated rings. The maximum Gasteiger partial charge on any atom is 0.236 e. The van der Waals surface area contributed by atoms with E-state index in [0.717, 1.165) is 29.8 Å². The van der Waals surface area contributed by atoms with Crippen LogP contribution >= 0.6 is 0 Å². The zero-order chi connectivity index (χ0) is 20.6. The van der Waals surface area contributed by atoms with Gasteiger partial charge in [-0.1, -0.05) is 68.9 Å². The molecule has 3 heteroatoms. The Morgan fingerprint density at radius 1 is 0.774 bits per heavy atom. The van der Waals surface area contributed by atoms with Gasteiger partial charge in [0.1, 0.15) is 17.8 Å². The highest BCUT2D eigenvalue weighted by molar-refractivity contribution is 5.94. The zero-order valence-electron chi connectivity index (χ0n) is 18.5. The molecule has 1 aromatic carbocycles. The normalized spacial score (nSPS) is 26.4. The van der Waals surface area contributed by atoms with Gasteiger partial charge in [0.05, 0.1) is 0 Å². The highest BCUT2D eigenvalue weighted by atomic mass is 16.5. The molecule has 0 amide bonds. The van der Waals surface area contributed by atoms with Gasteiger partial charge in [-0.05, 0) is 60.8 Å². The van der Waals surface area contributed by atoms with Crippen LogP contribution in [0.3, 0.4) is 0 Å². The number of hydrogen-bond donors (Lipinski definition) is 0.